The van der Waals surface area contributed by atoms with Crippen LogP contribution < -0.4 is 14.4 Å². The first-order valence-electron chi connectivity index (χ1n) is 15.0. The molecule has 0 radical (unpaired) electrons. The summed E-state index contributed by atoms with van der Waals surface area (Å²) in [5.41, 5.74) is 3.24. The third kappa shape index (κ3) is 8.47. The highest BCUT2D eigenvalue weighted by molar-refractivity contribution is 7.92. The zero-order valence-corrected chi connectivity index (χ0v) is 28.3. The third-order valence-electron chi connectivity index (χ3n) is 7.58. The minimum Gasteiger partial charge on any atom is -0.497 e. The number of methoxy groups -OCH3 is 1. The molecule has 4 aromatic rings. The van der Waals surface area contributed by atoms with E-state index in [0.717, 1.165) is 21.0 Å². The number of ether oxygens (including phenoxy) is 1. The topological polar surface area (TPSA) is 96.0 Å². The Hall–Kier alpha value is -4.34. The molecule has 4 rings (SSSR count). The maximum absolute atomic E-state index is 14.6. The first-order chi connectivity index (χ1) is 21.9. The summed E-state index contributed by atoms with van der Waals surface area (Å²) in [6.45, 7) is 6.74. The van der Waals surface area contributed by atoms with Crippen LogP contribution in [0.5, 0.6) is 5.75 Å². The quantitative estimate of drug-likeness (QED) is 0.181. The maximum atomic E-state index is 14.6. The second-order valence-electron chi connectivity index (χ2n) is 11.5. The number of hydrogen-bond donors (Lipinski definition) is 1. The molecule has 46 heavy (non-hydrogen) atoms. The maximum Gasteiger partial charge on any atom is 0.264 e. The van der Waals surface area contributed by atoms with E-state index >= 15 is 0 Å². The van der Waals surface area contributed by atoms with E-state index in [0.29, 0.717) is 16.3 Å². The van der Waals surface area contributed by atoms with E-state index in [4.69, 9.17) is 16.3 Å². The number of carbonyl (C=O) groups is 2. The lowest BCUT2D eigenvalue weighted by Crippen LogP contribution is -2.54. The van der Waals surface area contributed by atoms with Gasteiger partial charge in [-0.3, -0.25) is 13.9 Å². The van der Waals surface area contributed by atoms with Crippen LogP contribution in [0.3, 0.4) is 0 Å². The van der Waals surface area contributed by atoms with E-state index in [1.165, 1.54) is 17.0 Å². The number of anilines is 1. The number of nitrogens with zero attached hydrogens (tertiary/aromatic N) is 2. The SMILES string of the molecule is COc1cccc(CN(C(=O)CN(c2cccc(Cl)c2C)S(=O)(=O)c2ccc(C)cc2)[C@H](Cc2ccccc2)C(=O)NC(C)C)c1. The molecular weight excluding hydrogens is 622 g/mol. The molecule has 1 atom stereocenters. The molecule has 0 saturated carbocycles. The van der Waals surface area contributed by atoms with Crippen LogP contribution in [-0.4, -0.2) is 50.9 Å². The summed E-state index contributed by atoms with van der Waals surface area (Å²) < 4.78 is 35.0. The van der Waals surface area contributed by atoms with Crippen molar-refractivity contribution < 1.29 is 22.7 Å². The van der Waals surface area contributed by atoms with E-state index in [-0.39, 0.29) is 35.5 Å². The Kier molecular flexibility index (Phi) is 11.5. The van der Waals surface area contributed by atoms with Crippen molar-refractivity contribution in [1.82, 2.24) is 10.2 Å². The van der Waals surface area contributed by atoms with Crippen molar-refractivity contribution in [3.05, 3.63) is 124 Å². The second-order valence-corrected chi connectivity index (χ2v) is 13.7. The highest BCUT2D eigenvalue weighted by atomic mass is 35.5. The zero-order chi connectivity index (χ0) is 33.4. The Bertz CT molecular complexity index is 1760. The lowest BCUT2D eigenvalue weighted by molar-refractivity contribution is -0.140. The van der Waals surface area contributed by atoms with E-state index in [9.17, 15) is 18.0 Å². The Morgan fingerprint density at radius 2 is 1.52 bits per heavy atom. The predicted octanol–water partition coefficient (Wildman–Crippen LogP) is 6.33. The molecule has 0 spiro atoms. The van der Waals surface area contributed by atoms with Crippen molar-refractivity contribution in [2.45, 2.75) is 57.6 Å². The van der Waals surface area contributed by atoms with Gasteiger partial charge in [0.15, 0.2) is 0 Å². The average molecular weight is 662 g/mol. The number of sulfonamides is 1. The van der Waals surface area contributed by atoms with Gasteiger partial charge in [-0.05, 0) is 80.8 Å². The Labute approximate surface area is 277 Å². The van der Waals surface area contributed by atoms with Gasteiger partial charge in [-0.25, -0.2) is 8.42 Å². The molecule has 1 N–H and O–H groups in total. The molecule has 0 heterocycles. The van der Waals surface area contributed by atoms with Crippen molar-refractivity contribution in [2.75, 3.05) is 18.0 Å². The average Bonchev–Trinajstić information content (AvgIpc) is 3.03. The molecule has 0 aromatic heterocycles. The van der Waals surface area contributed by atoms with Crippen LogP contribution in [0.4, 0.5) is 5.69 Å². The van der Waals surface area contributed by atoms with Crippen molar-refractivity contribution in [2.24, 2.45) is 0 Å². The van der Waals surface area contributed by atoms with Crippen molar-refractivity contribution >= 4 is 39.1 Å². The lowest BCUT2D eigenvalue weighted by atomic mass is 10.0. The lowest BCUT2D eigenvalue weighted by Gasteiger charge is -2.34. The number of nitrogens with one attached hydrogen (secondary N) is 1. The number of amides is 2. The minimum atomic E-state index is -4.24. The molecular formula is C36H40ClN3O5S. The van der Waals surface area contributed by atoms with E-state index in [1.54, 1.807) is 62.6 Å². The standard InChI is InChI=1S/C36H40ClN3O5S/c1-25(2)38-36(42)34(22-28-11-7-6-8-12-28)39(23-29-13-9-14-30(21-29)45-5)35(41)24-40(33-16-10-15-32(37)27(33)4)46(43,44)31-19-17-26(3)18-20-31/h6-21,25,34H,22-24H2,1-5H3,(H,38,42)/t34-/m1/s1. The zero-order valence-electron chi connectivity index (χ0n) is 26.7. The number of aryl methyl sites for hydroxylation is 1. The summed E-state index contributed by atoms with van der Waals surface area (Å²) in [5, 5.41) is 3.32. The summed E-state index contributed by atoms with van der Waals surface area (Å²) in [6, 6.07) is 26.9. The van der Waals surface area contributed by atoms with Crippen LogP contribution in [0.25, 0.3) is 0 Å². The van der Waals surface area contributed by atoms with Gasteiger partial charge in [-0.2, -0.15) is 0 Å². The molecule has 8 nitrogen and oxygen atoms in total. The summed E-state index contributed by atoms with van der Waals surface area (Å²) >= 11 is 6.46. The van der Waals surface area contributed by atoms with Gasteiger partial charge in [0.2, 0.25) is 11.8 Å². The van der Waals surface area contributed by atoms with Crippen LogP contribution in [0.2, 0.25) is 5.02 Å². The Morgan fingerprint density at radius 1 is 0.870 bits per heavy atom. The monoisotopic (exact) mass is 661 g/mol. The molecule has 2 amide bonds. The Morgan fingerprint density at radius 3 is 2.17 bits per heavy atom. The molecule has 0 aliphatic carbocycles. The van der Waals surface area contributed by atoms with E-state index in [1.807, 2.05) is 57.2 Å². The summed E-state index contributed by atoms with van der Waals surface area (Å²) in [7, 11) is -2.69. The number of rotatable bonds is 13. The number of hydrogen-bond acceptors (Lipinski definition) is 5. The largest absolute Gasteiger partial charge is 0.497 e. The van der Waals surface area contributed by atoms with Gasteiger partial charge in [0, 0.05) is 24.0 Å². The molecule has 0 aliphatic rings. The van der Waals surface area contributed by atoms with Crippen LogP contribution in [0.15, 0.2) is 102 Å². The van der Waals surface area contributed by atoms with Crippen LogP contribution >= 0.6 is 11.6 Å². The summed E-state index contributed by atoms with van der Waals surface area (Å²) in [5.74, 6) is -0.311. The van der Waals surface area contributed by atoms with E-state index < -0.39 is 28.5 Å². The van der Waals surface area contributed by atoms with Crippen LogP contribution in [0.1, 0.15) is 36.1 Å². The molecule has 0 unspecified atom stereocenters. The number of carbonyl (C=O) groups excluding carboxylic acids is 2. The molecule has 0 aliphatic heterocycles. The third-order valence-corrected chi connectivity index (χ3v) is 9.77. The van der Waals surface area contributed by atoms with Gasteiger partial charge in [-0.15, -0.1) is 0 Å². The first-order valence-corrected chi connectivity index (χ1v) is 16.8. The van der Waals surface area contributed by atoms with Gasteiger partial charge in [0.05, 0.1) is 17.7 Å². The molecule has 242 valence electrons. The van der Waals surface area contributed by atoms with Gasteiger partial charge in [-0.1, -0.05) is 77.8 Å². The minimum absolute atomic E-state index is 0.0306. The van der Waals surface area contributed by atoms with Crippen LogP contribution in [-0.2, 0) is 32.6 Å². The Balaban J connectivity index is 1.85. The smallest absolute Gasteiger partial charge is 0.264 e. The summed E-state index contributed by atoms with van der Waals surface area (Å²) in [4.78, 5) is 29.9. The fourth-order valence-electron chi connectivity index (χ4n) is 5.12. The summed E-state index contributed by atoms with van der Waals surface area (Å²) in [6.07, 6.45) is 0.218. The highest BCUT2D eigenvalue weighted by Crippen LogP contribution is 2.31. The van der Waals surface area contributed by atoms with Crippen molar-refractivity contribution in [1.29, 1.82) is 0 Å². The second kappa shape index (κ2) is 15.3. The van der Waals surface area contributed by atoms with Gasteiger partial charge < -0.3 is 15.0 Å². The first kappa shape index (κ1) is 34.5. The molecule has 0 fully saturated rings. The van der Waals surface area contributed by atoms with E-state index in [2.05, 4.69) is 5.32 Å². The highest BCUT2D eigenvalue weighted by Gasteiger charge is 2.35. The fraction of sp³-hybridized carbons (Fsp3) is 0.278. The molecule has 0 saturated heterocycles. The van der Waals surface area contributed by atoms with Gasteiger partial charge in [0.1, 0.15) is 18.3 Å². The van der Waals surface area contributed by atoms with Gasteiger partial charge in [0.25, 0.3) is 10.0 Å². The van der Waals surface area contributed by atoms with Gasteiger partial charge >= 0.3 is 0 Å². The van der Waals surface area contributed by atoms with Crippen LogP contribution in [0, 0.1) is 13.8 Å². The van der Waals surface area contributed by atoms with Crippen molar-refractivity contribution in [3.8, 4) is 5.75 Å². The number of benzene rings is 4. The predicted molar refractivity (Wildman–Crippen MR) is 183 cm³/mol. The number of halogens is 1. The van der Waals surface area contributed by atoms with Crippen molar-refractivity contribution in [3.63, 3.8) is 0 Å². The molecule has 10 heteroatoms. The molecule has 4 aromatic carbocycles. The fourth-order valence-corrected chi connectivity index (χ4v) is 6.76. The normalized spacial score (nSPS) is 12.0. The molecule has 0 bridgehead atoms.